The highest BCUT2D eigenvalue weighted by Gasteiger charge is 2.31. The molecule has 2 fully saturated rings. The van der Waals surface area contributed by atoms with Gasteiger partial charge >= 0.3 is 0 Å². The maximum Gasteiger partial charge on any atom is 0.239 e. The molecule has 20 heavy (non-hydrogen) atoms. The Morgan fingerprint density at radius 3 is 2.55 bits per heavy atom. The van der Waals surface area contributed by atoms with Gasteiger partial charge in [0.1, 0.15) is 0 Å². The van der Waals surface area contributed by atoms with Crippen molar-refractivity contribution in [2.75, 3.05) is 59.7 Å². The van der Waals surface area contributed by atoms with E-state index in [0.29, 0.717) is 0 Å². The van der Waals surface area contributed by atoms with E-state index in [4.69, 9.17) is 15.2 Å². The molecule has 1 atom stereocenters. The lowest BCUT2D eigenvalue weighted by molar-refractivity contribution is -0.136. The maximum atomic E-state index is 12.4. The molecule has 1 amide bonds. The Hall–Kier alpha value is -0.690. The second-order valence-corrected chi connectivity index (χ2v) is 5.64. The molecule has 0 aromatic heterocycles. The number of hydrogen-bond acceptors (Lipinski definition) is 5. The molecule has 6 heteroatoms. The van der Waals surface area contributed by atoms with E-state index in [1.165, 1.54) is 0 Å². The summed E-state index contributed by atoms with van der Waals surface area (Å²) in [6.45, 7) is 6.52. The molecular weight excluding hydrogens is 258 g/mol. The summed E-state index contributed by atoms with van der Waals surface area (Å²) in [4.78, 5) is 16.7. The molecule has 1 unspecified atom stereocenters. The predicted octanol–water partition coefficient (Wildman–Crippen LogP) is -0.469. The molecule has 2 aliphatic heterocycles. The van der Waals surface area contributed by atoms with Crippen molar-refractivity contribution >= 4 is 5.91 Å². The van der Waals surface area contributed by atoms with Crippen LogP contribution in [0.1, 0.15) is 12.8 Å². The Bertz CT molecular complexity index is 300. The van der Waals surface area contributed by atoms with Crippen LogP contribution >= 0.6 is 0 Å². The molecule has 0 aromatic rings. The van der Waals surface area contributed by atoms with Crippen LogP contribution in [0.4, 0.5) is 0 Å². The second kappa shape index (κ2) is 7.93. The average molecular weight is 285 g/mol. The quantitative estimate of drug-likeness (QED) is 0.740. The summed E-state index contributed by atoms with van der Waals surface area (Å²) in [5.41, 5.74) is 6.16. The van der Waals surface area contributed by atoms with Crippen molar-refractivity contribution in [3.8, 4) is 0 Å². The smallest absolute Gasteiger partial charge is 0.239 e. The summed E-state index contributed by atoms with van der Waals surface area (Å²) in [6, 6.07) is -0.357. The van der Waals surface area contributed by atoms with Gasteiger partial charge in [0, 0.05) is 53.0 Å². The standard InChI is InChI=1S/C14H27N3O3/c1-19-11-8-16-4-6-17(7-5-16)14(18)13(15)12-2-9-20-10-3-12/h12-13H,2-11,15H2,1H3. The van der Waals surface area contributed by atoms with Crippen LogP contribution in [-0.4, -0.2) is 81.4 Å². The first-order valence-corrected chi connectivity index (χ1v) is 7.55. The van der Waals surface area contributed by atoms with Gasteiger partial charge in [0.15, 0.2) is 0 Å². The molecule has 2 aliphatic rings. The van der Waals surface area contributed by atoms with E-state index in [0.717, 1.165) is 65.4 Å². The Labute approximate surface area is 121 Å². The highest BCUT2D eigenvalue weighted by molar-refractivity contribution is 5.82. The summed E-state index contributed by atoms with van der Waals surface area (Å²) in [5, 5.41) is 0. The Kier molecular flexibility index (Phi) is 6.22. The number of methoxy groups -OCH3 is 1. The number of ether oxygens (including phenoxy) is 2. The van der Waals surface area contributed by atoms with Crippen LogP contribution in [-0.2, 0) is 14.3 Å². The van der Waals surface area contributed by atoms with Gasteiger partial charge in [-0.1, -0.05) is 0 Å². The van der Waals surface area contributed by atoms with E-state index < -0.39 is 0 Å². The van der Waals surface area contributed by atoms with Gasteiger partial charge in [-0.25, -0.2) is 0 Å². The minimum atomic E-state index is -0.357. The van der Waals surface area contributed by atoms with Crippen LogP contribution in [0, 0.1) is 5.92 Å². The summed E-state index contributed by atoms with van der Waals surface area (Å²) in [6.07, 6.45) is 1.81. The van der Waals surface area contributed by atoms with Gasteiger partial charge in [0.25, 0.3) is 0 Å². The van der Waals surface area contributed by atoms with Crippen molar-refractivity contribution in [3.63, 3.8) is 0 Å². The third-order valence-corrected chi connectivity index (χ3v) is 4.35. The van der Waals surface area contributed by atoms with E-state index >= 15 is 0 Å². The zero-order valence-corrected chi connectivity index (χ0v) is 12.4. The molecule has 2 rings (SSSR count). The van der Waals surface area contributed by atoms with E-state index in [2.05, 4.69) is 4.90 Å². The summed E-state index contributed by atoms with van der Waals surface area (Å²) < 4.78 is 10.4. The maximum absolute atomic E-state index is 12.4. The van der Waals surface area contributed by atoms with Gasteiger partial charge in [-0.2, -0.15) is 0 Å². The number of carbonyl (C=O) groups is 1. The van der Waals surface area contributed by atoms with E-state index in [9.17, 15) is 4.79 Å². The second-order valence-electron chi connectivity index (χ2n) is 5.64. The van der Waals surface area contributed by atoms with Crippen molar-refractivity contribution in [1.82, 2.24) is 9.80 Å². The van der Waals surface area contributed by atoms with Gasteiger partial charge in [0.2, 0.25) is 5.91 Å². The normalized spacial score (nSPS) is 23.8. The van der Waals surface area contributed by atoms with Crippen LogP contribution in [0.5, 0.6) is 0 Å². The molecule has 2 saturated heterocycles. The highest BCUT2D eigenvalue weighted by Crippen LogP contribution is 2.19. The molecule has 6 nitrogen and oxygen atoms in total. The molecule has 0 spiro atoms. The highest BCUT2D eigenvalue weighted by atomic mass is 16.5. The SMILES string of the molecule is COCCN1CCN(C(=O)C(N)C2CCOCC2)CC1. The van der Waals surface area contributed by atoms with Crippen LogP contribution in [0.25, 0.3) is 0 Å². The molecular formula is C14H27N3O3. The third kappa shape index (κ3) is 4.15. The zero-order valence-electron chi connectivity index (χ0n) is 12.4. The fourth-order valence-corrected chi connectivity index (χ4v) is 2.90. The topological polar surface area (TPSA) is 68.0 Å². The van der Waals surface area contributed by atoms with E-state index in [1.807, 2.05) is 4.90 Å². The van der Waals surface area contributed by atoms with E-state index in [1.54, 1.807) is 7.11 Å². The molecule has 2 heterocycles. The fraction of sp³-hybridized carbons (Fsp3) is 0.929. The van der Waals surface area contributed by atoms with Gasteiger partial charge in [-0.3, -0.25) is 9.69 Å². The molecule has 0 radical (unpaired) electrons. The van der Waals surface area contributed by atoms with Crippen LogP contribution in [0.3, 0.4) is 0 Å². The number of rotatable bonds is 5. The molecule has 0 aliphatic carbocycles. The van der Waals surface area contributed by atoms with Gasteiger partial charge in [0.05, 0.1) is 12.6 Å². The average Bonchev–Trinajstić information content (AvgIpc) is 2.53. The molecule has 0 bridgehead atoms. The van der Waals surface area contributed by atoms with Gasteiger partial charge < -0.3 is 20.1 Å². The van der Waals surface area contributed by atoms with Crippen molar-refractivity contribution in [1.29, 1.82) is 0 Å². The summed E-state index contributed by atoms with van der Waals surface area (Å²) >= 11 is 0. The molecule has 0 saturated carbocycles. The Balaban J connectivity index is 1.75. The van der Waals surface area contributed by atoms with Crippen molar-refractivity contribution in [2.45, 2.75) is 18.9 Å². The number of amides is 1. The molecule has 0 aromatic carbocycles. The van der Waals surface area contributed by atoms with E-state index in [-0.39, 0.29) is 17.9 Å². The number of piperazine rings is 1. The lowest BCUT2D eigenvalue weighted by Crippen LogP contribution is -2.55. The largest absolute Gasteiger partial charge is 0.383 e. The fourth-order valence-electron chi connectivity index (χ4n) is 2.90. The minimum absolute atomic E-state index is 0.114. The first-order valence-electron chi connectivity index (χ1n) is 7.55. The lowest BCUT2D eigenvalue weighted by Gasteiger charge is -2.37. The van der Waals surface area contributed by atoms with Gasteiger partial charge in [-0.15, -0.1) is 0 Å². The predicted molar refractivity (Wildman–Crippen MR) is 76.4 cm³/mol. The van der Waals surface area contributed by atoms with Crippen molar-refractivity contribution < 1.29 is 14.3 Å². The molecule has 116 valence electrons. The lowest BCUT2D eigenvalue weighted by atomic mass is 9.91. The number of nitrogens with zero attached hydrogens (tertiary/aromatic N) is 2. The Morgan fingerprint density at radius 1 is 1.30 bits per heavy atom. The number of carbonyl (C=O) groups excluding carboxylic acids is 1. The zero-order chi connectivity index (χ0) is 14.4. The Morgan fingerprint density at radius 2 is 1.95 bits per heavy atom. The van der Waals surface area contributed by atoms with Crippen molar-refractivity contribution in [3.05, 3.63) is 0 Å². The number of nitrogens with two attached hydrogens (primary N) is 1. The van der Waals surface area contributed by atoms with Crippen LogP contribution in [0.2, 0.25) is 0 Å². The van der Waals surface area contributed by atoms with Crippen LogP contribution in [0.15, 0.2) is 0 Å². The summed E-state index contributed by atoms with van der Waals surface area (Å²) in [7, 11) is 1.71. The van der Waals surface area contributed by atoms with Crippen LogP contribution < -0.4 is 5.73 Å². The van der Waals surface area contributed by atoms with Gasteiger partial charge in [-0.05, 0) is 18.8 Å². The first-order chi connectivity index (χ1) is 9.72. The monoisotopic (exact) mass is 285 g/mol. The first kappa shape index (κ1) is 15.7. The van der Waals surface area contributed by atoms with Crippen molar-refractivity contribution in [2.24, 2.45) is 11.7 Å². The third-order valence-electron chi connectivity index (χ3n) is 4.35. The molecule has 2 N–H and O–H groups in total. The summed E-state index contributed by atoms with van der Waals surface area (Å²) in [5.74, 6) is 0.395. The number of hydrogen-bond donors (Lipinski definition) is 1. The minimum Gasteiger partial charge on any atom is -0.383 e.